The van der Waals surface area contributed by atoms with Crippen molar-refractivity contribution in [2.75, 3.05) is 30.9 Å². The zero-order chi connectivity index (χ0) is 21.1. The second-order valence-corrected chi connectivity index (χ2v) is 9.59. The molecule has 0 atom stereocenters. The molecule has 1 amide bonds. The van der Waals surface area contributed by atoms with Gasteiger partial charge in [-0.05, 0) is 61.4 Å². The molecule has 2 fully saturated rings. The average molecular weight is 432 g/mol. The van der Waals surface area contributed by atoms with Crippen LogP contribution in [0.3, 0.4) is 0 Å². The van der Waals surface area contributed by atoms with Crippen molar-refractivity contribution in [3.05, 3.63) is 59.9 Å². The van der Waals surface area contributed by atoms with Crippen LogP contribution in [0.5, 0.6) is 0 Å². The number of nitrogens with zero attached hydrogens (tertiary/aromatic N) is 2. The molecule has 1 heterocycles. The van der Waals surface area contributed by atoms with Gasteiger partial charge in [-0.2, -0.15) is 0 Å². The van der Waals surface area contributed by atoms with Gasteiger partial charge in [-0.3, -0.25) is 14.4 Å². The van der Waals surface area contributed by atoms with Crippen molar-refractivity contribution in [3.63, 3.8) is 0 Å². The van der Waals surface area contributed by atoms with E-state index in [1.54, 1.807) is 12.1 Å². The molecule has 0 radical (unpaired) electrons. The minimum Gasteiger partial charge on any atom is -0.336 e. The fourth-order valence-electron chi connectivity index (χ4n) is 4.25. The highest BCUT2D eigenvalue weighted by atomic mass is 32.2. The molecule has 30 heavy (non-hydrogen) atoms. The van der Waals surface area contributed by atoms with Crippen molar-refractivity contribution < 1.29 is 17.6 Å². The van der Waals surface area contributed by atoms with Gasteiger partial charge in [-0.15, -0.1) is 0 Å². The standard InChI is InChI=1S/C22H26FN3O3S/c23-18-7-9-19(10-8-18)24-30(28,29)21-11-5-17(6-12-21)22(27)26-15-13-25(14-16-26)20-3-1-2-4-20/h5-12,20,24H,1-4,13-16H2. The number of rotatable bonds is 5. The molecular weight excluding hydrogens is 405 g/mol. The van der Waals surface area contributed by atoms with Crippen LogP contribution in [0.2, 0.25) is 0 Å². The van der Waals surface area contributed by atoms with E-state index in [1.807, 2.05) is 4.90 Å². The molecule has 2 aromatic rings. The third kappa shape index (κ3) is 4.65. The van der Waals surface area contributed by atoms with Gasteiger partial charge in [0.15, 0.2) is 0 Å². The largest absolute Gasteiger partial charge is 0.336 e. The molecule has 2 aliphatic rings. The molecule has 1 saturated heterocycles. The van der Waals surface area contributed by atoms with Gasteiger partial charge >= 0.3 is 0 Å². The van der Waals surface area contributed by atoms with Gasteiger partial charge in [0.05, 0.1) is 4.90 Å². The molecule has 2 aromatic carbocycles. The van der Waals surface area contributed by atoms with E-state index in [1.165, 1.54) is 62.1 Å². The molecule has 1 aliphatic heterocycles. The molecule has 0 unspecified atom stereocenters. The molecule has 6 nitrogen and oxygen atoms in total. The Balaban J connectivity index is 1.38. The fraction of sp³-hybridized carbons (Fsp3) is 0.409. The van der Waals surface area contributed by atoms with Gasteiger partial charge in [-0.1, -0.05) is 12.8 Å². The summed E-state index contributed by atoms with van der Waals surface area (Å²) in [5, 5.41) is 0. The minimum atomic E-state index is -3.81. The lowest BCUT2D eigenvalue weighted by atomic mass is 10.1. The molecule has 1 saturated carbocycles. The lowest BCUT2D eigenvalue weighted by Gasteiger charge is -2.38. The maximum Gasteiger partial charge on any atom is 0.261 e. The lowest BCUT2D eigenvalue weighted by Crippen LogP contribution is -2.51. The van der Waals surface area contributed by atoms with Crippen molar-refractivity contribution in [1.29, 1.82) is 0 Å². The van der Waals surface area contributed by atoms with Crippen LogP contribution in [0.4, 0.5) is 10.1 Å². The molecule has 0 bridgehead atoms. The molecule has 0 aromatic heterocycles. The van der Waals surface area contributed by atoms with Crippen molar-refractivity contribution in [2.45, 2.75) is 36.6 Å². The maximum atomic E-state index is 13.0. The second kappa shape index (κ2) is 8.73. The Hall–Kier alpha value is -2.45. The first-order chi connectivity index (χ1) is 14.4. The van der Waals surface area contributed by atoms with Crippen LogP contribution in [0.1, 0.15) is 36.0 Å². The van der Waals surface area contributed by atoms with Gasteiger partial charge in [0, 0.05) is 43.5 Å². The number of benzene rings is 2. The van der Waals surface area contributed by atoms with E-state index in [0.717, 1.165) is 13.1 Å². The molecular formula is C22H26FN3O3S. The minimum absolute atomic E-state index is 0.0504. The van der Waals surface area contributed by atoms with Crippen molar-refractivity contribution in [2.24, 2.45) is 0 Å². The molecule has 8 heteroatoms. The summed E-state index contributed by atoms with van der Waals surface area (Å²) in [5.74, 6) is -0.513. The first-order valence-electron chi connectivity index (χ1n) is 10.3. The number of piperazine rings is 1. The molecule has 4 rings (SSSR count). The molecule has 0 spiro atoms. The fourth-order valence-corrected chi connectivity index (χ4v) is 5.31. The van der Waals surface area contributed by atoms with E-state index in [9.17, 15) is 17.6 Å². The Labute approximate surface area is 176 Å². The van der Waals surface area contributed by atoms with E-state index in [2.05, 4.69) is 9.62 Å². The summed E-state index contributed by atoms with van der Waals surface area (Å²) >= 11 is 0. The maximum absolute atomic E-state index is 13.0. The van der Waals surface area contributed by atoms with Crippen LogP contribution in [-0.2, 0) is 10.0 Å². The summed E-state index contributed by atoms with van der Waals surface area (Å²) in [5.41, 5.74) is 0.752. The van der Waals surface area contributed by atoms with Gasteiger partial charge in [-0.25, -0.2) is 12.8 Å². The number of anilines is 1. The van der Waals surface area contributed by atoms with Gasteiger partial charge < -0.3 is 4.90 Å². The zero-order valence-electron chi connectivity index (χ0n) is 16.8. The first-order valence-corrected chi connectivity index (χ1v) is 11.8. The van der Waals surface area contributed by atoms with E-state index in [-0.39, 0.29) is 16.5 Å². The molecule has 1 N–H and O–H groups in total. The van der Waals surface area contributed by atoms with Crippen LogP contribution < -0.4 is 4.72 Å². The van der Waals surface area contributed by atoms with Gasteiger partial charge in [0.25, 0.3) is 15.9 Å². The van der Waals surface area contributed by atoms with Gasteiger partial charge in [0.2, 0.25) is 0 Å². The summed E-state index contributed by atoms with van der Waals surface area (Å²) in [7, 11) is -3.81. The Morgan fingerprint density at radius 1 is 0.900 bits per heavy atom. The normalized spacial score (nSPS) is 18.5. The Bertz CT molecular complexity index is 979. The topological polar surface area (TPSA) is 69.7 Å². The Morgan fingerprint density at radius 2 is 1.50 bits per heavy atom. The van der Waals surface area contributed by atoms with Crippen molar-refractivity contribution in [3.8, 4) is 0 Å². The van der Waals surface area contributed by atoms with Crippen LogP contribution in [-0.4, -0.2) is 56.3 Å². The van der Waals surface area contributed by atoms with E-state index in [0.29, 0.717) is 24.7 Å². The Kier molecular flexibility index (Phi) is 6.06. The summed E-state index contributed by atoms with van der Waals surface area (Å²) < 4.78 is 40.5. The van der Waals surface area contributed by atoms with E-state index >= 15 is 0 Å². The number of amides is 1. The highest BCUT2D eigenvalue weighted by Gasteiger charge is 2.28. The Morgan fingerprint density at radius 3 is 2.10 bits per heavy atom. The van der Waals surface area contributed by atoms with Crippen LogP contribution in [0.15, 0.2) is 53.4 Å². The quantitative estimate of drug-likeness (QED) is 0.789. The number of hydrogen-bond donors (Lipinski definition) is 1. The van der Waals surface area contributed by atoms with Crippen molar-refractivity contribution >= 4 is 21.6 Å². The molecule has 1 aliphatic carbocycles. The number of hydrogen-bond acceptors (Lipinski definition) is 4. The summed E-state index contributed by atoms with van der Waals surface area (Å²) in [6.07, 6.45) is 5.12. The van der Waals surface area contributed by atoms with Gasteiger partial charge in [0.1, 0.15) is 5.82 Å². The number of nitrogens with one attached hydrogen (secondary N) is 1. The van der Waals surface area contributed by atoms with E-state index in [4.69, 9.17) is 0 Å². The number of sulfonamides is 1. The zero-order valence-corrected chi connectivity index (χ0v) is 17.6. The monoisotopic (exact) mass is 431 g/mol. The highest BCUT2D eigenvalue weighted by Crippen LogP contribution is 2.25. The number of carbonyl (C=O) groups excluding carboxylic acids is 1. The highest BCUT2D eigenvalue weighted by molar-refractivity contribution is 7.92. The predicted octanol–water partition coefficient (Wildman–Crippen LogP) is 3.33. The number of halogens is 1. The SMILES string of the molecule is O=C(c1ccc(S(=O)(=O)Nc2ccc(F)cc2)cc1)N1CCN(C2CCCC2)CC1. The van der Waals surface area contributed by atoms with Crippen LogP contribution in [0.25, 0.3) is 0 Å². The molecule has 160 valence electrons. The second-order valence-electron chi connectivity index (χ2n) is 7.90. The third-order valence-electron chi connectivity index (χ3n) is 5.95. The first kappa shape index (κ1) is 20.8. The third-order valence-corrected chi connectivity index (χ3v) is 7.35. The average Bonchev–Trinajstić information content (AvgIpc) is 3.30. The lowest BCUT2D eigenvalue weighted by molar-refractivity contribution is 0.0573. The van der Waals surface area contributed by atoms with E-state index < -0.39 is 15.8 Å². The van der Waals surface area contributed by atoms with Crippen LogP contribution >= 0.6 is 0 Å². The summed E-state index contributed by atoms with van der Waals surface area (Å²) in [6, 6.07) is 11.7. The predicted molar refractivity (Wildman–Crippen MR) is 113 cm³/mol. The number of carbonyl (C=O) groups is 1. The summed E-state index contributed by atoms with van der Waals surface area (Å²) in [6.45, 7) is 3.18. The van der Waals surface area contributed by atoms with Crippen molar-refractivity contribution in [1.82, 2.24) is 9.80 Å². The smallest absolute Gasteiger partial charge is 0.261 e. The van der Waals surface area contributed by atoms with Crippen LogP contribution in [0, 0.1) is 5.82 Å². The summed E-state index contributed by atoms with van der Waals surface area (Å²) in [4.78, 5) is 17.2.